The molecule has 296 valence electrons. The Hall–Kier alpha value is -8.34. The fourth-order valence-electron chi connectivity index (χ4n) is 9.63. The molecular weight excluding hydrogens is 769 g/mol. The largest absolute Gasteiger partial charge is 0.449 e. The van der Waals surface area contributed by atoms with Crippen LogP contribution in [0.5, 0.6) is 23.0 Å². The standard InChI is InChI=1S/C59H38N2O2/c1-5-18-39(19-6-1)41-22-17-23-43(36-41)51-38-52(61-58(60-51)40-20-7-2-8-21-40)47-29-14-13-28-46(47)42-32-34-53-55(37-42)62-54-35-33-50-56(57(54)63-53)48-30-15-16-31-49(48)59(50,44-24-9-3-10-25-44)45-26-11-4-12-27-45/h1-38H. The number of nitrogens with zero attached hydrogens (tertiary/aromatic N) is 2. The van der Waals surface area contributed by atoms with Gasteiger partial charge in [-0.1, -0.05) is 200 Å². The van der Waals surface area contributed by atoms with E-state index >= 15 is 0 Å². The maximum atomic E-state index is 6.97. The lowest BCUT2D eigenvalue weighted by atomic mass is 9.68. The Morgan fingerprint density at radius 2 is 0.889 bits per heavy atom. The van der Waals surface area contributed by atoms with Crippen molar-refractivity contribution in [2.75, 3.05) is 0 Å². The Labute approximate surface area is 366 Å². The summed E-state index contributed by atoms with van der Waals surface area (Å²) in [5.41, 5.74) is 15.4. The lowest BCUT2D eigenvalue weighted by Gasteiger charge is -2.34. The summed E-state index contributed by atoms with van der Waals surface area (Å²) in [6.45, 7) is 0. The maximum Gasteiger partial charge on any atom is 0.178 e. The van der Waals surface area contributed by atoms with Crippen LogP contribution < -0.4 is 9.47 Å². The van der Waals surface area contributed by atoms with Crippen LogP contribution in [0, 0.1) is 0 Å². The first-order chi connectivity index (χ1) is 31.2. The molecule has 4 heteroatoms. The zero-order chi connectivity index (χ0) is 41.7. The van der Waals surface area contributed by atoms with E-state index < -0.39 is 5.41 Å². The van der Waals surface area contributed by atoms with Crippen molar-refractivity contribution in [2.24, 2.45) is 0 Å². The summed E-state index contributed by atoms with van der Waals surface area (Å²) in [5.74, 6) is 3.40. The zero-order valence-electron chi connectivity index (χ0n) is 34.2. The normalized spacial score (nSPS) is 12.8. The van der Waals surface area contributed by atoms with Gasteiger partial charge in [0.2, 0.25) is 0 Å². The molecule has 0 radical (unpaired) electrons. The van der Waals surface area contributed by atoms with Crippen LogP contribution in [0.2, 0.25) is 0 Å². The van der Waals surface area contributed by atoms with Gasteiger partial charge in [-0.15, -0.1) is 0 Å². The molecule has 0 fully saturated rings. The first-order valence-corrected chi connectivity index (χ1v) is 21.3. The van der Waals surface area contributed by atoms with Crippen LogP contribution in [0.1, 0.15) is 22.3 Å². The van der Waals surface area contributed by atoms with Gasteiger partial charge in [0.05, 0.1) is 16.8 Å². The number of aromatic nitrogens is 2. The summed E-state index contributed by atoms with van der Waals surface area (Å²) >= 11 is 0. The summed E-state index contributed by atoms with van der Waals surface area (Å²) < 4.78 is 13.8. The van der Waals surface area contributed by atoms with Crippen LogP contribution in [0.3, 0.4) is 0 Å². The van der Waals surface area contributed by atoms with E-state index in [1.54, 1.807) is 0 Å². The van der Waals surface area contributed by atoms with Crippen molar-refractivity contribution in [3.05, 3.63) is 253 Å². The van der Waals surface area contributed by atoms with E-state index in [2.05, 4.69) is 200 Å². The van der Waals surface area contributed by atoms with Gasteiger partial charge in [-0.2, -0.15) is 0 Å². The molecule has 1 aliphatic carbocycles. The van der Waals surface area contributed by atoms with E-state index in [9.17, 15) is 0 Å². The van der Waals surface area contributed by atoms with Crippen molar-refractivity contribution >= 4 is 0 Å². The Morgan fingerprint density at radius 3 is 1.62 bits per heavy atom. The van der Waals surface area contributed by atoms with Crippen molar-refractivity contribution in [2.45, 2.75) is 5.41 Å². The molecule has 0 amide bonds. The Balaban J connectivity index is 0.955. The summed E-state index contributed by atoms with van der Waals surface area (Å²) in [7, 11) is 0. The highest BCUT2D eigenvalue weighted by atomic mass is 16.6. The van der Waals surface area contributed by atoms with E-state index in [1.165, 1.54) is 22.3 Å². The molecule has 0 spiro atoms. The van der Waals surface area contributed by atoms with Gasteiger partial charge in [0, 0.05) is 22.3 Å². The van der Waals surface area contributed by atoms with E-state index in [0.29, 0.717) is 23.1 Å². The van der Waals surface area contributed by atoms with Crippen LogP contribution in [0.15, 0.2) is 231 Å². The lowest BCUT2D eigenvalue weighted by Crippen LogP contribution is -2.28. The van der Waals surface area contributed by atoms with Crippen molar-refractivity contribution in [3.8, 4) is 90.3 Å². The molecular formula is C59H38N2O2. The number of ether oxygens (including phenoxy) is 2. The number of fused-ring (bicyclic) bond motifs is 6. The Kier molecular flexibility index (Phi) is 8.68. The summed E-state index contributed by atoms with van der Waals surface area (Å²) in [6, 6.07) is 80.6. The lowest BCUT2D eigenvalue weighted by molar-refractivity contribution is 0.360. The van der Waals surface area contributed by atoms with E-state index in [1.807, 2.05) is 30.3 Å². The average molecular weight is 807 g/mol. The molecule has 10 aromatic rings. The van der Waals surface area contributed by atoms with E-state index in [0.717, 1.165) is 67.2 Å². The summed E-state index contributed by atoms with van der Waals surface area (Å²) in [5, 5.41) is 0. The van der Waals surface area contributed by atoms with Crippen LogP contribution in [-0.2, 0) is 5.41 Å². The highest BCUT2D eigenvalue weighted by Gasteiger charge is 2.48. The number of rotatable bonds is 7. The van der Waals surface area contributed by atoms with Gasteiger partial charge in [0.25, 0.3) is 0 Å². The van der Waals surface area contributed by atoms with Crippen LogP contribution in [-0.4, -0.2) is 9.97 Å². The molecule has 0 saturated heterocycles. The van der Waals surface area contributed by atoms with Gasteiger partial charge in [-0.3, -0.25) is 0 Å². The molecule has 0 unspecified atom stereocenters. The third-order valence-electron chi connectivity index (χ3n) is 12.5. The molecule has 63 heavy (non-hydrogen) atoms. The summed E-state index contributed by atoms with van der Waals surface area (Å²) in [4.78, 5) is 10.4. The SMILES string of the molecule is c1ccc(-c2cccc(-c3cc(-c4ccccc4-c4ccc5c(c4)Oc4ccc6c(c4O5)-c4ccccc4C6(c4ccccc4)c4ccccc4)nc(-c4ccccc4)n3)c2)cc1. The summed E-state index contributed by atoms with van der Waals surface area (Å²) in [6.07, 6.45) is 0. The molecule has 9 aromatic carbocycles. The van der Waals surface area contributed by atoms with Gasteiger partial charge < -0.3 is 9.47 Å². The highest BCUT2D eigenvalue weighted by molar-refractivity contribution is 5.92. The molecule has 2 aliphatic rings. The van der Waals surface area contributed by atoms with Gasteiger partial charge in [-0.25, -0.2) is 9.97 Å². The van der Waals surface area contributed by atoms with E-state index in [-0.39, 0.29) is 0 Å². The molecule has 2 heterocycles. The fourth-order valence-corrected chi connectivity index (χ4v) is 9.63. The van der Waals surface area contributed by atoms with Gasteiger partial charge in [0.15, 0.2) is 28.8 Å². The fraction of sp³-hybridized carbons (Fsp3) is 0.0169. The molecule has 1 aliphatic heterocycles. The molecule has 0 N–H and O–H groups in total. The minimum atomic E-state index is -0.535. The molecule has 0 atom stereocenters. The monoisotopic (exact) mass is 806 g/mol. The van der Waals surface area contributed by atoms with Crippen LogP contribution >= 0.6 is 0 Å². The second kappa shape index (κ2) is 15.0. The number of benzene rings is 9. The smallest absolute Gasteiger partial charge is 0.178 e. The zero-order valence-corrected chi connectivity index (χ0v) is 34.2. The third-order valence-corrected chi connectivity index (χ3v) is 12.5. The van der Waals surface area contributed by atoms with Crippen LogP contribution in [0.4, 0.5) is 0 Å². The number of hydrogen-bond acceptors (Lipinski definition) is 4. The maximum absolute atomic E-state index is 6.97. The van der Waals surface area contributed by atoms with E-state index in [4.69, 9.17) is 19.4 Å². The minimum Gasteiger partial charge on any atom is -0.449 e. The average Bonchev–Trinajstić information content (AvgIpc) is 3.68. The van der Waals surface area contributed by atoms with Crippen LogP contribution in [0.25, 0.3) is 67.3 Å². The van der Waals surface area contributed by atoms with Crippen molar-refractivity contribution < 1.29 is 9.47 Å². The highest BCUT2D eigenvalue weighted by Crippen LogP contribution is 2.62. The minimum absolute atomic E-state index is 0.535. The van der Waals surface area contributed by atoms with Gasteiger partial charge in [0.1, 0.15) is 0 Å². The quantitative estimate of drug-likeness (QED) is 0.161. The molecule has 1 aromatic heterocycles. The van der Waals surface area contributed by atoms with Crippen molar-refractivity contribution in [1.29, 1.82) is 0 Å². The predicted octanol–water partition coefficient (Wildman–Crippen LogP) is 15.1. The second-order valence-corrected chi connectivity index (χ2v) is 16.0. The number of hydrogen-bond donors (Lipinski definition) is 0. The molecule has 0 bridgehead atoms. The Bertz CT molecular complexity index is 3290. The van der Waals surface area contributed by atoms with Gasteiger partial charge >= 0.3 is 0 Å². The first-order valence-electron chi connectivity index (χ1n) is 21.3. The molecule has 12 rings (SSSR count). The third kappa shape index (κ3) is 6.07. The predicted molar refractivity (Wildman–Crippen MR) is 253 cm³/mol. The molecule has 0 saturated carbocycles. The first kappa shape index (κ1) is 36.5. The Morgan fingerprint density at radius 1 is 0.317 bits per heavy atom. The second-order valence-electron chi connectivity index (χ2n) is 16.0. The van der Waals surface area contributed by atoms with Crippen molar-refractivity contribution in [3.63, 3.8) is 0 Å². The topological polar surface area (TPSA) is 44.2 Å². The molecule has 4 nitrogen and oxygen atoms in total. The van der Waals surface area contributed by atoms with Gasteiger partial charge in [-0.05, 0) is 80.4 Å². The van der Waals surface area contributed by atoms with Crippen molar-refractivity contribution in [1.82, 2.24) is 9.97 Å².